The van der Waals surface area contributed by atoms with Crippen molar-refractivity contribution in [2.45, 2.75) is 13.0 Å². The van der Waals surface area contributed by atoms with Crippen LogP contribution >= 0.6 is 0 Å². The van der Waals surface area contributed by atoms with Gasteiger partial charge in [0, 0.05) is 0 Å². The Hall–Kier alpha value is 0.990. The second-order valence-corrected chi connectivity index (χ2v) is 1.68. The van der Waals surface area contributed by atoms with Crippen molar-refractivity contribution in [1.82, 2.24) is 0 Å². The Morgan fingerprint density at radius 2 is 1.80 bits per heavy atom. The van der Waals surface area contributed by atoms with Crippen molar-refractivity contribution in [1.29, 1.82) is 0 Å². The van der Waals surface area contributed by atoms with Crippen LogP contribution in [0.2, 0.25) is 0 Å². The number of hydrogen-bond donors (Lipinski definition) is 3. The predicted octanol–water partition coefficient (Wildman–Crippen LogP) is -4.30. The van der Waals surface area contributed by atoms with Crippen LogP contribution in [0.15, 0.2) is 0 Å². The van der Waals surface area contributed by atoms with Crippen LogP contribution in [0.25, 0.3) is 0 Å². The van der Waals surface area contributed by atoms with E-state index in [1.54, 1.807) is 0 Å². The molecule has 0 aliphatic rings. The van der Waals surface area contributed by atoms with Gasteiger partial charge in [-0.05, 0) is 6.92 Å². The van der Waals surface area contributed by atoms with Gasteiger partial charge in [-0.15, -0.1) is 0 Å². The van der Waals surface area contributed by atoms with Gasteiger partial charge in [-0.25, -0.2) is 4.21 Å². The molecule has 0 bridgehead atoms. The first kappa shape index (κ1) is 17.2. The maximum absolute atomic E-state index is 8.56. The second kappa shape index (κ2) is 12.6. The van der Waals surface area contributed by atoms with Gasteiger partial charge in [0.2, 0.25) is 0 Å². The summed E-state index contributed by atoms with van der Waals surface area (Å²) in [6.07, 6.45) is -0.560. The van der Waals surface area contributed by atoms with Crippen LogP contribution < -0.4 is 29.6 Å². The van der Waals surface area contributed by atoms with E-state index in [-0.39, 0.29) is 36.2 Å². The zero-order chi connectivity index (χ0) is 7.86. The summed E-state index contributed by atoms with van der Waals surface area (Å²) in [7, 11) is 0. The first-order valence-corrected chi connectivity index (χ1v) is 3.11. The fraction of sp³-hybridized carbons (Fsp3) is 1.00. The average molecular weight is 180 g/mol. The molecule has 10 heavy (non-hydrogen) atoms. The average Bonchev–Trinajstić information content (AvgIpc) is 1.65. The third kappa shape index (κ3) is 64.2. The van der Waals surface area contributed by atoms with E-state index < -0.39 is 17.5 Å². The SMILES string of the molecule is CC(O)CO.O=S([O-])O.[Na+]. The van der Waals surface area contributed by atoms with Crippen molar-refractivity contribution < 1.29 is 53.1 Å². The molecule has 0 aromatic heterocycles. The Morgan fingerprint density at radius 3 is 1.80 bits per heavy atom. The normalized spacial score (nSPS) is 13.7. The van der Waals surface area contributed by atoms with Crippen molar-refractivity contribution >= 4 is 11.4 Å². The van der Waals surface area contributed by atoms with Crippen LogP contribution in [-0.4, -0.2) is 36.2 Å². The minimum atomic E-state index is -2.86. The Kier molecular flexibility index (Phi) is 21.7. The van der Waals surface area contributed by atoms with Gasteiger partial charge in [0.25, 0.3) is 0 Å². The van der Waals surface area contributed by atoms with Gasteiger partial charge in [-0.3, -0.25) is 0 Å². The number of aliphatic hydroxyl groups is 2. The number of hydrogen-bond acceptors (Lipinski definition) is 4. The molecule has 0 heterocycles. The minimum Gasteiger partial charge on any atom is -0.750 e. The van der Waals surface area contributed by atoms with Crippen LogP contribution in [0.4, 0.5) is 0 Å². The molecule has 58 valence electrons. The van der Waals surface area contributed by atoms with E-state index in [0.29, 0.717) is 0 Å². The van der Waals surface area contributed by atoms with Crippen molar-refractivity contribution in [2.24, 2.45) is 0 Å². The molecular formula is C3H9NaO5S. The molecule has 0 amide bonds. The van der Waals surface area contributed by atoms with E-state index in [9.17, 15) is 0 Å². The molecule has 2 atom stereocenters. The molecule has 0 aromatic carbocycles. The third-order valence-corrected chi connectivity index (χ3v) is 0.264. The largest absolute Gasteiger partial charge is 1.00 e. The molecule has 2 unspecified atom stereocenters. The smallest absolute Gasteiger partial charge is 0.750 e. The summed E-state index contributed by atoms with van der Waals surface area (Å²) in [5.41, 5.74) is 0. The molecule has 0 aliphatic heterocycles. The van der Waals surface area contributed by atoms with E-state index in [2.05, 4.69) is 0 Å². The zero-order valence-corrected chi connectivity index (χ0v) is 8.67. The fourth-order valence-electron chi connectivity index (χ4n) is 0. The van der Waals surface area contributed by atoms with Crippen LogP contribution in [-0.2, 0) is 11.4 Å². The van der Waals surface area contributed by atoms with Crippen LogP contribution in [0.1, 0.15) is 6.92 Å². The molecular weight excluding hydrogens is 171 g/mol. The van der Waals surface area contributed by atoms with E-state index in [0.717, 1.165) is 0 Å². The van der Waals surface area contributed by atoms with Crippen molar-refractivity contribution in [3.8, 4) is 0 Å². The summed E-state index contributed by atoms with van der Waals surface area (Å²) in [5, 5.41) is 16.0. The quantitative estimate of drug-likeness (QED) is 0.280. The molecule has 3 N–H and O–H groups in total. The molecule has 0 spiro atoms. The molecule has 0 aliphatic carbocycles. The van der Waals surface area contributed by atoms with Gasteiger partial charge < -0.3 is 19.3 Å². The Morgan fingerprint density at radius 1 is 1.70 bits per heavy atom. The molecule has 0 saturated carbocycles. The molecule has 0 fully saturated rings. The Balaban J connectivity index is -0.0000000910. The fourth-order valence-corrected chi connectivity index (χ4v) is 0. The van der Waals surface area contributed by atoms with E-state index in [1.807, 2.05) is 0 Å². The Bertz CT molecular complexity index is 73.3. The zero-order valence-electron chi connectivity index (χ0n) is 5.85. The maximum atomic E-state index is 8.56. The monoisotopic (exact) mass is 180 g/mol. The van der Waals surface area contributed by atoms with Crippen molar-refractivity contribution in [2.75, 3.05) is 6.61 Å². The number of rotatable bonds is 1. The molecule has 0 saturated heterocycles. The second-order valence-electron chi connectivity index (χ2n) is 1.25. The van der Waals surface area contributed by atoms with Crippen LogP contribution in [0.3, 0.4) is 0 Å². The number of aliphatic hydroxyl groups excluding tert-OH is 2. The van der Waals surface area contributed by atoms with Crippen LogP contribution in [0.5, 0.6) is 0 Å². The van der Waals surface area contributed by atoms with Gasteiger partial charge >= 0.3 is 29.6 Å². The van der Waals surface area contributed by atoms with Gasteiger partial charge in [-0.2, -0.15) is 0 Å². The van der Waals surface area contributed by atoms with Gasteiger partial charge in [0.05, 0.1) is 24.1 Å². The molecule has 0 rings (SSSR count). The maximum Gasteiger partial charge on any atom is 1.00 e. The van der Waals surface area contributed by atoms with Crippen molar-refractivity contribution in [3.63, 3.8) is 0 Å². The molecule has 7 heteroatoms. The Labute approximate surface area is 83.9 Å². The summed E-state index contributed by atoms with van der Waals surface area (Å²) in [5.74, 6) is 0. The van der Waals surface area contributed by atoms with Crippen LogP contribution in [0, 0.1) is 0 Å². The molecule has 5 nitrogen and oxygen atoms in total. The summed E-state index contributed by atoms with van der Waals surface area (Å²) >= 11 is -2.86. The standard InChI is InChI=1S/C3H8O2.Na.H2O3S/c1-3(5)2-4;;1-4(2)3/h3-5H,2H2,1H3;;(H2,1,2,3)/q;+1;/p-1. The van der Waals surface area contributed by atoms with Crippen molar-refractivity contribution in [3.05, 3.63) is 0 Å². The van der Waals surface area contributed by atoms with Gasteiger partial charge in [-0.1, -0.05) is 0 Å². The summed E-state index contributed by atoms with van der Waals surface area (Å²) in [4.78, 5) is 0. The van der Waals surface area contributed by atoms with Gasteiger partial charge in [0.1, 0.15) is 0 Å². The third-order valence-electron chi connectivity index (χ3n) is 0.264. The summed E-state index contributed by atoms with van der Waals surface area (Å²) in [6, 6.07) is 0. The predicted molar refractivity (Wildman–Crippen MR) is 30.3 cm³/mol. The molecule has 0 radical (unpaired) electrons. The summed E-state index contributed by atoms with van der Waals surface area (Å²) < 4.78 is 24.1. The first-order valence-electron chi connectivity index (χ1n) is 2.08. The summed E-state index contributed by atoms with van der Waals surface area (Å²) in [6.45, 7) is 1.39. The van der Waals surface area contributed by atoms with Gasteiger partial charge in [0.15, 0.2) is 0 Å². The van der Waals surface area contributed by atoms with E-state index in [1.165, 1.54) is 6.92 Å². The minimum absolute atomic E-state index is 0. The molecule has 0 aromatic rings. The van der Waals surface area contributed by atoms with E-state index in [4.69, 9.17) is 23.5 Å². The van der Waals surface area contributed by atoms with E-state index >= 15 is 0 Å². The topological polar surface area (TPSA) is 101 Å². The first-order chi connectivity index (χ1) is 4.00.